The molecule has 0 atom stereocenters. The summed E-state index contributed by atoms with van der Waals surface area (Å²) in [4.78, 5) is 12.3. The van der Waals surface area contributed by atoms with Crippen LogP contribution >= 0.6 is 0 Å². The molecule has 1 aromatic carbocycles. The van der Waals surface area contributed by atoms with Gasteiger partial charge in [0.15, 0.2) is 5.96 Å². The van der Waals surface area contributed by atoms with Crippen molar-refractivity contribution in [2.45, 2.75) is 51.0 Å². The first kappa shape index (κ1) is 14.9. The summed E-state index contributed by atoms with van der Waals surface area (Å²) in [5.74, 6) is 1.62. The number of rotatable bonds is 5. The highest BCUT2D eigenvalue weighted by Crippen LogP contribution is 2.17. The van der Waals surface area contributed by atoms with E-state index in [-0.39, 0.29) is 0 Å². The van der Waals surface area contributed by atoms with E-state index in [1.165, 1.54) is 32.1 Å². The van der Waals surface area contributed by atoms with Gasteiger partial charge in [0, 0.05) is 19.0 Å². The Bertz CT molecular complexity index is 592. The van der Waals surface area contributed by atoms with Crippen molar-refractivity contribution in [3.05, 3.63) is 30.1 Å². The maximum absolute atomic E-state index is 5.96. The van der Waals surface area contributed by atoms with E-state index in [1.54, 1.807) is 0 Å². The molecule has 0 aliphatic heterocycles. The molecule has 0 saturated heterocycles. The Morgan fingerprint density at radius 3 is 2.91 bits per heavy atom. The van der Waals surface area contributed by atoms with Crippen molar-refractivity contribution in [1.29, 1.82) is 0 Å². The summed E-state index contributed by atoms with van der Waals surface area (Å²) in [5.41, 5.74) is 8.08. The Labute approximate surface area is 131 Å². The Morgan fingerprint density at radius 2 is 2.09 bits per heavy atom. The number of benzene rings is 1. The normalized spacial score (nSPS) is 17.0. The zero-order chi connectivity index (χ0) is 15.2. The van der Waals surface area contributed by atoms with Gasteiger partial charge in [-0.05, 0) is 31.4 Å². The molecule has 5 nitrogen and oxygen atoms in total. The van der Waals surface area contributed by atoms with Crippen molar-refractivity contribution in [2.24, 2.45) is 10.7 Å². The molecule has 0 amide bonds. The van der Waals surface area contributed by atoms with E-state index in [9.17, 15) is 0 Å². The number of aromatic amines is 1. The molecule has 0 spiro atoms. The van der Waals surface area contributed by atoms with E-state index in [4.69, 9.17) is 5.73 Å². The second-order valence-electron chi connectivity index (χ2n) is 6.05. The van der Waals surface area contributed by atoms with Crippen LogP contribution in [-0.4, -0.2) is 28.5 Å². The molecule has 2 aromatic rings. The molecule has 1 aliphatic rings. The molecule has 0 unspecified atom stereocenters. The van der Waals surface area contributed by atoms with Gasteiger partial charge in [-0.15, -0.1) is 0 Å². The van der Waals surface area contributed by atoms with E-state index in [1.807, 2.05) is 18.2 Å². The topological polar surface area (TPSA) is 79.1 Å². The number of imidazole rings is 1. The number of guanidine groups is 1. The van der Waals surface area contributed by atoms with Crippen molar-refractivity contribution < 1.29 is 0 Å². The van der Waals surface area contributed by atoms with E-state index >= 15 is 0 Å². The number of fused-ring (bicyclic) bond motifs is 1. The zero-order valence-electron chi connectivity index (χ0n) is 13.0. The summed E-state index contributed by atoms with van der Waals surface area (Å²) < 4.78 is 0. The lowest BCUT2D eigenvalue weighted by Crippen LogP contribution is -2.41. The Kier molecular flexibility index (Phi) is 4.93. The largest absolute Gasteiger partial charge is 0.370 e. The highest BCUT2D eigenvalue weighted by molar-refractivity contribution is 5.78. The second-order valence-corrected chi connectivity index (χ2v) is 6.05. The van der Waals surface area contributed by atoms with Crippen molar-refractivity contribution in [2.75, 3.05) is 6.54 Å². The Morgan fingerprint density at radius 1 is 1.27 bits per heavy atom. The van der Waals surface area contributed by atoms with Crippen molar-refractivity contribution in [3.63, 3.8) is 0 Å². The van der Waals surface area contributed by atoms with Gasteiger partial charge in [0.05, 0.1) is 11.0 Å². The lowest BCUT2D eigenvalue weighted by molar-refractivity contribution is 0.412. The van der Waals surface area contributed by atoms with Crippen LogP contribution in [0.1, 0.15) is 44.3 Å². The quantitative estimate of drug-likeness (QED) is 0.451. The lowest BCUT2D eigenvalue weighted by Gasteiger charge is -2.23. The molecule has 1 heterocycles. The third-order valence-electron chi connectivity index (χ3n) is 4.25. The number of para-hydroxylation sites is 2. The molecule has 0 bridgehead atoms. The van der Waals surface area contributed by atoms with Crippen LogP contribution < -0.4 is 11.1 Å². The first-order valence-electron chi connectivity index (χ1n) is 8.31. The molecule has 0 radical (unpaired) electrons. The maximum atomic E-state index is 5.96. The summed E-state index contributed by atoms with van der Waals surface area (Å²) in [6, 6.07) is 8.63. The molecule has 3 rings (SSSR count). The smallest absolute Gasteiger partial charge is 0.188 e. The predicted molar refractivity (Wildman–Crippen MR) is 90.9 cm³/mol. The third-order valence-corrected chi connectivity index (χ3v) is 4.25. The van der Waals surface area contributed by atoms with Crippen LogP contribution in [0.25, 0.3) is 11.0 Å². The number of hydrogen-bond acceptors (Lipinski definition) is 2. The highest BCUT2D eigenvalue weighted by atomic mass is 15.1. The summed E-state index contributed by atoms with van der Waals surface area (Å²) in [6.07, 6.45) is 8.24. The van der Waals surface area contributed by atoms with Gasteiger partial charge in [0.25, 0.3) is 0 Å². The van der Waals surface area contributed by atoms with Gasteiger partial charge in [0.1, 0.15) is 5.82 Å². The Hall–Kier alpha value is -2.04. The molecular formula is C17H25N5. The van der Waals surface area contributed by atoms with Gasteiger partial charge in [0.2, 0.25) is 0 Å². The van der Waals surface area contributed by atoms with Crippen molar-refractivity contribution >= 4 is 17.0 Å². The van der Waals surface area contributed by atoms with E-state index in [0.29, 0.717) is 12.0 Å². The molecule has 1 aliphatic carbocycles. The van der Waals surface area contributed by atoms with Gasteiger partial charge >= 0.3 is 0 Å². The first-order chi connectivity index (χ1) is 10.8. The molecule has 5 heteroatoms. The van der Waals surface area contributed by atoms with Gasteiger partial charge in [-0.1, -0.05) is 31.4 Å². The molecule has 4 N–H and O–H groups in total. The number of aliphatic imine (C=N–C) groups is 1. The number of aromatic nitrogens is 2. The van der Waals surface area contributed by atoms with Gasteiger partial charge < -0.3 is 16.0 Å². The second kappa shape index (κ2) is 7.29. The van der Waals surface area contributed by atoms with E-state index in [2.05, 4.69) is 26.3 Å². The fourth-order valence-corrected chi connectivity index (χ4v) is 3.07. The number of nitrogens with zero attached hydrogens (tertiary/aromatic N) is 2. The molecule has 1 aromatic heterocycles. The van der Waals surface area contributed by atoms with Crippen molar-refractivity contribution in [1.82, 2.24) is 15.3 Å². The van der Waals surface area contributed by atoms with Gasteiger partial charge in [-0.3, -0.25) is 4.99 Å². The van der Waals surface area contributed by atoms with Crippen molar-refractivity contribution in [3.8, 4) is 0 Å². The zero-order valence-corrected chi connectivity index (χ0v) is 13.0. The SMILES string of the molecule is NC(=NCCCc1nc2ccccc2[nH]1)NC1CCCCC1. The summed E-state index contributed by atoms with van der Waals surface area (Å²) in [5, 5.41) is 3.34. The minimum absolute atomic E-state index is 0.521. The molecule has 1 fully saturated rings. The lowest BCUT2D eigenvalue weighted by atomic mass is 9.96. The van der Waals surface area contributed by atoms with Crippen LogP contribution in [-0.2, 0) is 6.42 Å². The number of nitrogens with two attached hydrogens (primary N) is 1. The van der Waals surface area contributed by atoms with Crippen LogP contribution in [0.3, 0.4) is 0 Å². The predicted octanol–water partition coefficient (Wildman–Crippen LogP) is 2.73. The van der Waals surface area contributed by atoms with Crippen LogP contribution in [0.2, 0.25) is 0 Å². The first-order valence-corrected chi connectivity index (χ1v) is 8.31. The van der Waals surface area contributed by atoms with Crippen LogP contribution in [0, 0.1) is 0 Å². The summed E-state index contributed by atoms with van der Waals surface area (Å²) in [6.45, 7) is 0.739. The monoisotopic (exact) mass is 299 g/mol. The van der Waals surface area contributed by atoms with Gasteiger partial charge in [-0.25, -0.2) is 4.98 Å². The van der Waals surface area contributed by atoms with E-state index in [0.717, 1.165) is 36.2 Å². The van der Waals surface area contributed by atoms with Crippen LogP contribution in [0.15, 0.2) is 29.3 Å². The Balaban J connectivity index is 1.43. The fraction of sp³-hybridized carbons (Fsp3) is 0.529. The van der Waals surface area contributed by atoms with E-state index < -0.39 is 0 Å². The molecule has 118 valence electrons. The minimum atomic E-state index is 0.521. The minimum Gasteiger partial charge on any atom is -0.370 e. The summed E-state index contributed by atoms with van der Waals surface area (Å²) >= 11 is 0. The molecule has 1 saturated carbocycles. The number of hydrogen-bond donors (Lipinski definition) is 3. The molecular weight excluding hydrogens is 274 g/mol. The average molecular weight is 299 g/mol. The fourth-order valence-electron chi connectivity index (χ4n) is 3.07. The maximum Gasteiger partial charge on any atom is 0.188 e. The van der Waals surface area contributed by atoms with Crippen LogP contribution in [0.4, 0.5) is 0 Å². The average Bonchev–Trinajstić information content (AvgIpc) is 2.95. The van der Waals surface area contributed by atoms with Crippen LogP contribution in [0.5, 0.6) is 0 Å². The number of aryl methyl sites for hydroxylation is 1. The third kappa shape index (κ3) is 4.00. The number of nitrogens with one attached hydrogen (secondary N) is 2. The molecule has 22 heavy (non-hydrogen) atoms. The van der Waals surface area contributed by atoms with Gasteiger partial charge in [-0.2, -0.15) is 0 Å². The summed E-state index contributed by atoms with van der Waals surface area (Å²) in [7, 11) is 0. The standard InChI is InChI=1S/C17H25N5/c18-17(20-13-7-2-1-3-8-13)19-12-6-11-16-21-14-9-4-5-10-15(14)22-16/h4-5,9-10,13H,1-3,6-8,11-12H2,(H,21,22)(H3,18,19,20). The number of H-pyrrole nitrogens is 1. The highest BCUT2D eigenvalue weighted by Gasteiger charge is 2.13.